The van der Waals surface area contributed by atoms with Crippen LogP contribution in [0.15, 0.2) is 34.6 Å². The van der Waals surface area contributed by atoms with Crippen molar-refractivity contribution in [2.45, 2.75) is 33.9 Å². The highest BCUT2D eigenvalue weighted by atomic mass is 32.1. The number of guanidine groups is 1. The lowest BCUT2D eigenvalue weighted by molar-refractivity contribution is 0.471. The van der Waals surface area contributed by atoms with Gasteiger partial charge >= 0.3 is 0 Å². The minimum Gasteiger partial charge on any atom is -0.357 e. The number of hydrogen-bond acceptors (Lipinski definition) is 3. The van der Waals surface area contributed by atoms with E-state index in [1.54, 1.807) is 11.3 Å². The smallest absolute Gasteiger partial charge is 0.194 e. The van der Waals surface area contributed by atoms with Gasteiger partial charge in [-0.2, -0.15) is 0 Å². The Labute approximate surface area is 136 Å². The molecule has 1 heterocycles. The summed E-state index contributed by atoms with van der Waals surface area (Å²) >= 11 is 1.69. The Morgan fingerprint density at radius 1 is 1.36 bits per heavy atom. The van der Waals surface area contributed by atoms with E-state index in [4.69, 9.17) is 4.99 Å². The van der Waals surface area contributed by atoms with E-state index in [2.05, 4.69) is 58.7 Å². The Bertz CT molecular complexity index is 633. The first-order valence-corrected chi connectivity index (χ1v) is 8.42. The van der Waals surface area contributed by atoms with Crippen molar-refractivity contribution in [1.82, 2.24) is 15.2 Å². The minimum absolute atomic E-state index is 0.685. The molecule has 1 aromatic carbocycles. The van der Waals surface area contributed by atoms with E-state index in [0.29, 0.717) is 6.54 Å². The zero-order chi connectivity index (χ0) is 15.9. The lowest BCUT2D eigenvalue weighted by Crippen LogP contribution is -2.38. The van der Waals surface area contributed by atoms with Crippen LogP contribution in [0.5, 0.6) is 0 Å². The van der Waals surface area contributed by atoms with Crippen LogP contribution in [0.4, 0.5) is 0 Å². The van der Waals surface area contributed by atoms with Gasteiger partial charge in [0.25, 0.3) is 0 Å². The van der Waals surface area contributed by atoms with Crippen molar-refractivity contribution in [3.63, 3.8) is 0 Å². The first-order valence-electron chi connectivity index (χ1n) is 7.54. The predicted molar refractivity (Wildman–Crippen MR) is 94.3 cm³/mol. The van der Waals surface area contributed by atoms with Crippen molar-refractivity contribution in [2.75, 3.05) is 13.6 Å². The Morgan fingerprint density at radius 2 is 2.18 bits per heavy atom. The van der Waals surface area contributed by atoms with Crippen LogP contribution in [0.1, 0.15) is 28.8 Å². The average Bonchev–Trinajstić information content (AvgIpc) is 2.88. The van der Waals surface area contributed by atoms with Gasteiger partial charge < -0.3 is 10.2 Å². The van der Waals surface area contributed by atoms with Crippen molar-refractivity contribution in [3.8, 4) is 0 Å². The largest absolute Gasteiger partial charge is 0.357 e. The Hall–Kier alpha value is -1.88. The summed E-state index contributed by atoms with van der Waals surface area (Å²) in [6, 6.07) is 8.48. The van der Waals surface area contributed by atoms with Crippen LogP contribution >= 0.6 is 11.3 Å². The van der Waals surface area contributed by atoms with E-state index in [0.717, 1.165) is 29.8 Å². The molecule has 0 unspecified atom stereocenters. The van der Waals surface area contributed by atoms with E-state index >= 15 is 0 Å². The summed E-state index contributed by atoms with van der Waals surface area (Å²) in [6.07, 6.45) is 0. The van der Waals surface area contributed by atoms with E-state index in [1.165, 1.54) is 11.1 Å². The summed E-state index contributed by atoms with van der Waals surface area (Å²) < 4.78 is 0. The maximum Gasteiger partial charge on any atom is 0.194 e. The SMILES string of the molecule is CCNC(=NCc1cccc(C)c1)N(C)Cc1csc(C)n1. The normalized spacial score (nSPS) is 11.5. The zero-order valence-corrected chi connectivity index (χ0v) is 14.6. The van der Waals surface area contributed by atoms with Crippen molar-refractivity contribution >= 4 is 17.3 Å². The van der Waals surface area contributed by atoms with Gasteiger partial charge in [0, 0.05) is 19.0 Å². The van der Waals surface area contributed by atoms with Gasteiger partial charge in [0.1, 0.15) is 0 Å². The maximum absolute atomic E-state index is 4.73. The number of aromatic nitrogens is 1. The van der Waals surface area contributed by atoms with E-state index in [-0.39, 0.29) is 0 Å². The summed E-state index contributed by atoms with van der Waals surface area (Å²) in [7, 11) is 2.05. The monoisotopic (exact) mass is 316 g/mol. The van der Waals surface area contributed by atoms with Gasteiger partial charge in [0.05, 0.1) is 23.8 Å². The lowest BCUT2D eigenvalue weighted by Gasteiger charge is -2.21. The third kappa shape index (κ3) is 4.84. The second-order valence-electron chi connectivity index (χ2n) is 5.37. The molecule has 5 heteroatoms. The fraction of sp³-hybridized carbons (Fsp3) is 0.412. The van der Waals surface area contributed by atoms with Crippen molar-refractivity contribution in [2.24, 2.45) is 4.99 Å². The van der Waals surface area contributed by atoms with Crippen LogP contribution in [0.2, 0.25) is 0 Å². The number of aliphatic imine (C=N–C) groups is 1. The molecule has 0 saturated carbocycles. The fourth-order valence-corrected chi connectivity index (χ4v) is 2.85. The van der Waals surface area contributed by atoms with Crippen LogP contribution in [0.25, 0.3) is 0 Å². The first-order chi connectivity index (χ1) is 10.6. The second-order valence-corrected chi connectivity index (χ2v) is 6.44. The van der Waals surface area contributed by atoms with Gasteiger partial charge in [0.2, 0.25) is 0 Å². The maximum atomic E-state index is 4.73. The van der Waals surface area contributed by atoms with Gasteiger partial charge in [-0.05, 0) is 26.3 Å². The fourth-order valence-electron chi connectivity index (χ4n) is 2.25. The zero-order valence-electron chi connectivity index (χ0n) is 13.8. The molecule has 118 valence electrons. The number of benzene rings is 1. The van der Waals surface area contributed by atoms with Crippen LogP contribution in [-0.4, -0.2) is 29.4 Å². The molecule has 4 nitrogen and oxygen atoms in total. The molecule has 2 aromatic rings. The number of aryl methyl sites for hydroxylation is 2. The molecular formula is C17H24N4S. The number of hydrogen-bond donors (Lipinski definition) is 1. The van der Waals surface area contributed by atoms with E-state index in [9.17, 15) is 0 Å². The molecule has 1 aromatic heterocycles. The van der Waals surface area contributed by atoms with Gasteiger partial charge in [-0.1, -0.05) is 29.8 Å². The molecule has 0 aliphatic carbocycles. The molecule has 0 spiro atoms. The quantitative estimate of drug-likeness (QED) is 0.679. The molecule has 0 saturated heterocycles. The number of nitrogens with one attached hydrogen (secondary N) is 1. The highest BCUT2D eigenvalue weighted by molar-refractivity contribution is 7.09. The predicted octanol–water partition coefficient (Wildman–Crippen LogP) is 3.36. The van der Waals surface area contributed by atoms with Crippen molar-refractivity contribution in [1.29, 1.82) is 0 Å². The van der Waals surface area contributed by atoms with Crippen LogP contribution < -0.4 is 5.32 Å². The highest BCUT2D eigenvalue weighted by Gasteiger charge is 2.08. The highest BCUT2D eigenvalue weighted by Crippen LogP contribution is 2.10. The lowest BCUT2D eigenvalue weighted by atomic mass is 10.1. The molecule has 1 N–H and O–H groups in total. The molecular weight excluding hydrogens is 292 g/mol. The molecule has 0 bridgehead atoms. The molecule has 0 atom stereocenters. The molecule has 0 fully saturated rings. The Kier molecular flexibility index (Phi) is 5.95. The number of nitrogens with zero attached hydrogens (tertiary/aromatic N) is 3. The van der Waals surface area contributed by atoms with E-state index in [1.807, 2.05) is 14.0 Å². The summed E-state index contributed by atoms with van der Waals surface area (Å²) in [5.41, 5.74) is 3.59. The Balaban J connectivity index is 2.05. The van der Waals surface area contributed by atoms with Crippen molar-refractivity contribution in [3.05, 3.63) is 51.5 Å². The summed E-state index contributed by atoms with van der Waals surface area (Å²) in [6.45, 7) is 8.53. The molecule has 2 rings (SSSR count). The third-order valence-corrected chi connectivity index (χ3v) is 4.08. The molecule has 22 heavy (non-hydrogen) atoms. The molecule has 0 aliphatic heterocycles. The first kappa shape index (κ1) is 16.5. The molecule has 0 radical (unpaired) electrons. The standard InChI is InChI=1S/C17H24N4S/c1-5-18-17(19-10-15-8-6-7-13(2)9-15)21(4)11-16-12-22-14(3)20-16/h6-9,12H,5,10-11H2,1-4H3,(H,18,19). The van der Waals surface area contributed by atoms with Crippen LogP contribution in [-0.2, 0) is 13.1 Å². The van der Waals surface area contributed by atoms with Gasteiger partial charge in [0.15, 0.2) is 5.96 Å². The average molecular weight is 316 g/mol. The van der Waals surface area contributed by atoms with Crippen LogP contribution in [0.3, 0.4) is 0 Å². The number of thiazole rings is 1. The molecule has 0 aliphatic rings. The van der Waals surface area contributed by atoms with Crippen LogP contribution in [0, 0.1) is 13.8 Å². The Morgan fingerprint density at radius 3 is 2.82 bits per heavy atom. The summed E-state index contributed by atoms with van der Waals surface area (Å²) in [5, 5.41) is 6.55. The molecule has 0 amide bonds. The van der Waals surface area contributed by atoms with E-state index < -0.39 is 0 Å². The van der Waals surface area contributed by atoms with Gasteiger partial charge in [-0.15, -0.1) is 11.3 Å². The van der Waals surface area contributed by atoms with Gasteiger partial charge in [-0.25, -0.2) is 9.98 Å². The number of rotatable bonds is 5. The third-order valence-electron chi connectivity index (χ3n) is 3.26. The second kappa shape index (κ2) is 7.94. The summed E-state index contributed by atoms with van der Waals surface area (Å²) in [4.78, 5) is 11.4. The van der Waals surface area contributed by atoms with Gasteiger partial charge in [-0.3, -0.25) is 0 Å². The minimum atomic E-state index is 0.685. The summed E-state index contributed by atoms with van der Waals surface area (Å²) in [5.74, 6) is 0.912. The van der Waals surface area contributed by atoms with Crippen molar-refractivity contribution < 1.29 is 0 Å². The topological polar surface area (TPSA) is 40.5 Å².